The third-order valence-corrected chi connectivity index (χ3v) is 4.94. The molecule has 5 nitrogen and oxygen atoms in total. The van der Waals surface area contributed by atoms with Crippen LogP contribution in [-0.4, -0.2) is 29.2 Å². The Labute approximate surface area is 162 Å². The first-order valence-electron chi connectivity index (χ1n) is 9.18. The Morgan fingerprint density at radius 2 is 1.68 bits per heavy atom. The summed E-state index contributed by atoms with van der Waals surface area (Å²) in [5.74, 6) is -1.08. The highest BCUT2D eigenvalue weighted by Gasteiger charge is 2.30. The minimum absolute atomic E-state index is 0.0234. The molecule has 0 spiro atoms. The molecule has 3 aromatic rings. The van der Waals surface area contributed by atoms with Crippen molar-refractivity contribution in [3.8, 4) is 0 Å². The van der Waals surface area contributed by atoms with E-state index in [1.54, 1.807) is 24.3 Å². The van der Waals surface area contributed by atoms with Crippen molar-refractivity contribution in [1.82, 2.24) is 4.90 Å². The largest absolute Gasteiger partial charge is 0.461 e. The number of ether oxygens (including phenoxy) is 1. The second kappa shape index (κ2) is 7.64. The van der Waals surface area contributed by atoms with Crippen molar-refractivity contribution in [2.24, 2.45) is 0 Å². The van der Waals surface area contributed by atoms with Crippen LogP contribution in [0.2, 0.25) is 0 Å². The number of imide groups is 1. The van der Waals surface area contributed by atoms with Crippen LogP contribution in [0.25, 0.3) is 10.8 Å². The lowest BCUT2D eigenvalue weighted by Crippen LogP contribution is -2.43. The second-order valence-electron chi connectivity index (χ2n) is 6.73. The topological polar surface area (TPSA) is 63.7 Å². The molecule has 1 aliphatic heterocycles. The minimum atomic E-state index is -0.438. The Hall–Kier alpha value is -3.47. The molecular weight excluding hydrogens is 354 g/mol. The van der Waals surface area contributed by atoms with Crippen molar-refractivity contribution in [3.05, 3.63) is 83.4 Å². The average Bonchev–Trinajstić information content (AvgIpc) is 2.72. The average molecular weight is 373 g/mol. The number of rotatable bonds is 5. The lowest BCUT2D eigenvalue weighted by atomic mass is 9.98. The van der Waals surface area contributed by atoms with Gasteiger partial charge < -0.3 is 4.74 Å². The Bertz CT molecular complexity index is 1070. The normalized spacial score (nSPS) is 13.5. The fourth-order valence-electron chi connectivity index (χ4n) is 3.48. The van der Waals surface area contributed by atoms with Crippen LogP contribution in [0.5, 0.6) is 0 Å². The molecule has 0 saturated heterocycles. The predicted molar refractivity (Wildman–Crippen MR) is 105 cm³/mol. The van der Waals surface area contributed by atoms with E-state index in [4.69, 9.17) is 4.74 Å². The van der Waals surface area contributed by atoms with Gasteiger partial charge in [0, 0.05) is 12.1 Å². The Kier molecular flexibility index (Phi) is 4.89. The summed E-state index contributed by atoms with van der Waals surface area (Å²) < 4.78 is 5.38. The van der Waals surface area contributed by atoms with Crippen molar-refractivity contribution in [2.75, 3.05) is 6.54 Å². The third-order valence-electron chi connectivity index (χ3n) is 4.94. The molecule has 1 aliphatic rings. The van der Waals surface area contributed by atoms with Gasteiger partial charge in [0.1, 0.15) is 6.61 Å². The monoisotopic (exact) mass is 373 g/mol. The first-order valence-corrected chi connectivity index (χ1v) is 9.18. The number of nitrogens with zero attached hydrogens (tertiary/aromatic N) is 1. The lowest BCUT2D eigenvalue weighted by molar-refractivity contribution is -0.145. The van der Waals surface area contributed by atoms with Crippen LogP contribution in [0.15, 0.2) is 66.7 Å². The highest BCUT2D eigenvalue weighted by atomic mass is 16.5. The molecule has 28 heavy (non-hydrogen) atoms. The van der Waals surface area contributed by atoms with Gasteiger partial charge in [0.15, 0.2) is 0 Å². The first kappa shape index (κ1) is 17.9. The number of hydrogen-bond acceptors (Lipinski definition) is 4. The molecule has 0 bridgehead atoms. The van der Waals surface area contributed by atoms with E-state index < -0.39 is 5.97 Å². The van der Waals surface area contributed by atoms with Gasteiger partial charge in [-0.15, -0.1) is 0 Å². The van der Waals surface area contributed by atoms with Gasteiger partial charge in [-0.05, 0) is 28.0 Å². The van der Waals surface area contributed by atoms with E-state index in [-0.39, 0.29) is 37.8 Å². The molecular formula is C23H19NO4. The molecule has 0 aromatic heterocycles. The van der Waals surface area contributed by atoms with Crippen LogP contribution in [0.4, 0.5) is 0 Å². The number of benzene rings is 3. The van der Waals surface area contributed by atoms with Crippen molar-refractivity contribution >= 4 is 28.6 Å². The van der Waals surface area contributed by atoms with Gasteiger partial charge in [-0.25, -0.2) is 0 Å². The molecule has 0 aliphatic carbocycles. The van der Waals surface area contributed by atoms with E-state index in [2.05, 4.69) is 0 Å². The van der Waals surface area contributed by atoms with Gasteiger partial charge in [-0.2, -0.15) is 0 Å². The maximum atomic E-state index is 12.5. The summed E-state index contributed by atoms with van der Waals surface area (Å²) in [6.45, 7) is 0.186. The van der Waals surface area contributed by atoms with Gasteiger partial charge >= 0.3 is 5.97 Å². The number of carbonyl (C=O) groups is 3. The molecule has 5 heteroatoms. The molecule has 0 unspecified atom stereocenters. The van der Waals surface area contributed by atoms with Crippen LogP contribution >= 0.6 is 0 Å². The third kappa shape index (κ3) is 3.51. The molecule has 140 valence electrons. The summed E-state index contributed by atoms with van der Waals surface area (Å²) >= 11 is 0. The Balaban J connectivity index is 1.37. The zero-order chi connectivity index (χ0) is 19.5. The number of fused-ring (bicyclic) bond motifs is 2. The van der Waals surface area contributed by atoms with Crippen molar-refractivity contribution in [3.63, 3.8) is 0 Å². The van der Waals surface area contributed by atoms with Crippen molar-refractivity contribution < 1.29 is 19.1 Å². The number of amides is 2. The molecule has 0 radical (unpaired) electrons. The van der Waals surface area contributed by atoms with Gasteiger partial charge in [-0.1, -0.05) is 60.7 Å². The molecule has 3 aromatic carbocycles. The summed E-state index contributed by atoms with van der Waals surface area (Å²) in [6, 6.07) is 20.8. The molecule has 4 rings (SSSR count). The zero-order valence-corrected chi connectivity index (χ0v) is 15.3. The van der Waals surface area contributed by atoms with Gasteiger partial charge in [0.05, 0.1) is 12.8 Å². The van der Waals surface area contributed by atoms with Crippen molar-refractivity contribution in [2.45, 2.75) is 19.4 Å². The van der Waals surface area contributed by atoms with Crippen LogP contribution in [-0.2, 0) is 27.4 Å². The summed E-state index contributed by atoms with van der Waals surface area (Å²) in [6.07, 6.45) is 0.150. The molecule has 1 heterocycles. The summed E-state index contributed by atoms with van der Waals surface area (Å²) in [5, 5.41) is 2.12. The van der Waals surface area contributed by atoms with E-state index in [1.165, 1.54) is 0 Å². The van der Waals surface area contributed by atoms with Crippen LogP contribution in [0.1, 0.15) is 27.9 Å². The second-order valence-corrected chi connectivity index (χ2v) is 6.73. The van der Waals surface area contributed by atoms with Gasteiger partial charge in [-0.3, -0.25) is 19.3 Å². The highest BCUT2D eigenvalue weighted by molar-refractivity contribution is 6.09. The number of hydrogen-bond donors (Lipinski definition) is 0. The van der Waals surface area contributed by atoms with Crippen molar-refractivity contribution in [1.29, 1.82) is 0 Å². The van der Waals surface area contributed by atoms with Crippen LogP contribution < -0.4 is 0 Å². The molecule has 0 N–H and O–H groups in total. The summed E-state index contributed by atoms with van der Waals surface area (Å²) in [4.78, 5) is 38.1. The highest BCUT2D eigenvalue weighted by Crippen LogP contribution is 2.21. The lowest BCUT2D eigenvalue weighted by Gasteiger charge is -2.26. The van der Waals surface area contributed by atoms with E-state index in [0.29, 0.717) is 5.56 Å². The molecule has 0 atom stereocenters. The quantitative estimate of drug-likeness (QED) is 0.507. The smallest absolute Gasteiger partial charge is 0.307 e. The van der Waals surface area contributed by atoms with Gasteiger partial charge in [0.25, 0.3) is 5.91 Å². The molecule has 0 saturated carbocycles. The summed E-state index contributed by atoms with van der Waals surface area (Å²) in [7, 11) is 0. The van der Waals surface area contributed by atoms with E-state index in [1.807, 2.05) is 42.5 Å². The fraction of sp³-hybridized carbons (Fsp3) is 0.174. The maximum Gasteiger partial charge on any atom is 0.307 e. The van der Waals surface area contributed by atoms with Crippen LogP contribution in [0, 0.1) is 0 Å². The maximum absolute atomic E-state index is 12.5. The van der Waals surface area contributed by atoms with E-state index in [9.17, 15) is 14.4 Å². The SMILES string of the molecule is O=C(CCN1C(=O)Cc2ccccc2C1=O)OCc1cccc2ccccc12. The minimum Gasteiger partial charge on any atom is -0.461 e. The van der Waals surface area contributed by atoms with E-state index >= 15 is 0 Å². The zero-order valence-electron chi connectivity index (χ0n) is 15.3. The Morgan fingerprint density at radius 1 is 0.929 bits per heavy atom. The first-order chi connectivity index (χ1) is 13.6. The Morgan fingerprint density at radius 3 is 2.57 bits per heavy atom. The standard InChI is InChI=1S/C23H19NO4/c25-21-14-17-7-2-4-11-20(17)23(27)24(21)13-12-22(26)28-15-18-9-5-8-16-6-1-3-10-19(16)18/h1-11H,12-15H2. The molecule has 2 amide bonds. The number of carbonyl (C=O) groups excluding carboxylic acids is 3. The summed E-state index contributed by atoms with van der Waals surface area (Å²) in [5.41, 5.74) is 2.17. The fourth-order valence-corrected chi connectivity index (χ4v) is 3.48. The number of esters is 1. The van der Waals surface area contributed by atoms with Gasteiger partial charge in [0.2, 0.25) is 5.91 Å². The predicted octanol–water partition coefficient (Wildman–Crippen LogP) is 3.50. The van der Waals surface area contributed by atoms with E-state index in [0.717, 1.165) is 26.8 Å². The van der Waals surface area contributed by atoms with Crippen LogP contribution in [0.3, 0.4) is 0 Å². The molecule has 0 fully saturated rings.